The van der Waals surface area contributed by atoms with Crippen LogP contribution in [0.4, 0.5) is 11.4 Å². The summed E-state index contributed by atoms with van der Waals surface area (Å²) in [4.78, 5) is 29.6. The second kappa shape index (κ2) is 19.8. The molecule has 412 valence electrons. The zero-order valence-corrected chi connectivity index (χ0v) is 45.1. The van der Waals surface area contributed by atoms with Crippen molar-refractivity contribution >= 4 is 77.6 Å². The molecule has 20 nitrogen and oxygen atoms in total. The Hall–Kier alpha value is -10.2. The van der Waals surface area contributed by atoms with Crippen molar-refractivity contribution in [2.24, 2.45) is 0 Å². The summed E-state index contributed by atoms with van der Waals surface area (Å²) < 4.78 is 18.3. The number of fused-ring (bicyclic) bond motifs is 6. The number of nitrogens with two attached hydrogens (primary N) is 2. The Labute approximate surface area is 472 Å². The molecule has 6 heterocycles. The summed E-state index contributed by atoms with van der Waals surface area (Å²) in [6.45, 7) is 3.96. The van der Waals surface area contributed by atoms with Gasteiger partial charge in [-0.1, -0.05) is 66.7 Å². The zero-order chi connectivity index (χ0) is 56.9. The highest BCUT2D eigenvalue weighted by Gasteiger charge is 2.29. The molecule has 3 unspecified atom stereocenters. The SMILES string of the molecule is CC(O)c1nc2ccccc2n1-c1cc(-n2c(C(C)O)nc3ccccc32)c(N)c(-n2c(C(C)Oc3cccc4c3nc(CO)n4-c3cc(-n4c(CO)nc5ccccc54)c(N)c(-n4c(CO)nc5ccccc54)c3)nc3ccccc32)c1. The molecule has 9 N–H and O–H groups in total. The van der Waals surface area contributed by atoms with E-state index in [2.05, 4.69) is 0 Å². The van der Waals surface area contributed by atoms with Gasteiger partial charge in [-0.2, -0.15) is 0 Å². The second-order valence-corrected chi connectivity index (χ2v) is 20.5. The Morgan fingerprint density at radius 3 is 1.17 bits per heavy atom. The lowest BCUT2D eigenvalue weighted by atomic mass is 10.1. The summed E-state index contributed by atoms with van der Waals surface area (Å²) in [6.07, 6.45) is -2.78. The van der Waals surface area contributed by atoms with Gasteiger partial charge in [0, 0.05) is 0 Å². The normalized spacial score (nSPS) is 13.2. The number of ether oxygens (including phenoxy) is 1. The molecule has 3 atom stereocenters. The van der Waals surface area contributed by atoms with Gasteiger partial charge in [-0.05, 0) is 118 Å². The van der Waals surface area contributed by atoms with E-state index in [-0.39, 0.29) is 5.82 Å². The highest BCUT2D eigenvalue weighted by Crippen LogP contribution is 2.42. The molecule has 14 rings (SSSR count). The third kappa shape index (κ3) is 8.02. The highest BCUT2D eigenvalue weighted by molar-refractivity contribution is 5.91. The van der Waals surface area contributed by atoms with Gasteiger partial charge in [-0.3, -0.25) is 27.4 Å². The fourth-order valence-corrected chi connectivity index (χ4v) is 11.7. The maximum atomic E-state index is 11.4. The van der Waals surface area contributed by atoms with Crippen LogP contribution < -0.4 is 16.2 Å². The number of benzene rings is 8. The number of nitrogen functional groups attached to an aromatic ring is 2. The number of para-hydroxylation sites is 11. The molecule has 83 heavy (non-hydrogen) atoms. The molecule has 0 aliphatic rings. The molecule has 6 aromatic heterocycles. The molecule has 0 aliphatic carbocycles. The predicted molar refractivity (Wildman–Crippen MR) is 318 cm³/mol. The van der Waals surface area contributed by atoms with Crippen LogP contribution in [-0.2, 0) is 19.8 Å². The van der Waals surface area contributed by atoms with Gasteiger partial charge in [0.05, 0.1) is 106 Å². The van der Waals surface area contributed by atoms with Crippen molar-refractivity contribution in [3.63, 3.8) is 0 Å². The molecule has 14 aromatic rings. The molecular weight excluding hydrogens is 1050 g/mol. The van der Waals surface area contributed by atoms with E-state index in [1.54, 1.807) is 13.8 Å². The molecule has 20 heteroatoms. The lowest BCUT2D eigenvalue weighted by molar-refractivity contribution is 0.187. The van der Waals surface area contributed by atoms with Gasteiger partial charge >= 0.3 is 0 Å². The van der Waals surface area contributed by atoms with E-state index in [0.29, 0.717) is 136 Å². The summed E-state index contributed by atoms with van der Waals surface area (Å²) in [5.74, 6) is 2.60. The van der Waals surface area contributed by atoms with Crippen LogP contribution in [0.5, 0.6) is 5.75 Å². The molecule has 0 bridgehead atoms. The van der Waals surface area contributed by atoms with Crippen molar-refractivity contribution in [3.8, 4) is 39.9 Å². The van der Waals surface area contributed by atoms with Gasteiger partial charge in [0.2, 0.25) is 0 Å². The Morgan fingerprint density at radius 2 is 0.723 bits per heavy atom. The molecule has 0 saturated carbocycles. The Bertz CT molecular complexity index is 4780. The van der Waals surface area contributed by atoms with Crippen LogP contribution in [0.15, 0.2) is 164 Å². The number of hydrogen-bond acceptors (Lipinski definition) is 14. The first-order valence-corrected chi connectivity index (χ1v) is 27.0. The molecule has 0 aliphatic heterocycles. The Kier molecular flexibility index (Phi) is 12.2. The van der Waals surface area contributed by atoms with Gasteiger partial charge in [0.25, 0.3) is 0 Å². The van der Waals surface area contributed by atoms with Crippen molar-refractivity contribution in [2.75, 3.05) is 11.5 Å². The third-order valence-corrected chi connectivity index (χ3v) is 15.3. The van der Waals surface area contributed by atoms with E-state index in [1.165, 1.54) is 0 Å². The lowest BCUT2D eigenvalue weighted by Crippen LogP contribution is -2.15. The monoisotopic (exact) mass is 1100 g/mol. The van der Waals surface area contributed by atoms with Crippen LogP contribution in [0, 0.1) is 0 Å². The van der Waals surface area contributed by atoms with E-state index in [9.17, 15) is 25.5 Å². The first-order chi connectivity index (χ1) is 40.4. The van der Waals surface area contributed by atoms with Crippen LogP contribution >= 0.6 is 0 Å². The van der Waals surface area contributed by atoms with Crippen LogP contribution in [-0.4, -0.2) is 82.8 Å². The molecule has 0 radical (unpaired) electrons. The molecule has 0 spiro atoms. The van der Waals surface area contributed by atoms with Crippen molar-refractivity contribution in [1.82, 2.24) is 57.3 Å². The number of imidazole rings is 6. The number of anilines is 2. The minimum absolute atomic E-state index is 0.276. The van der Waals surface area contributed by atoms with Gasteiger partial charge in [-0.25, -0.2) is 29.9 Å². The van der Waals surface area contributed by atoms with Gasteiger partial charge < -0.3 is 41.7 Å². The number of aliphatic hydroxyl groups excluding tert-OH is 5. The highest BCUT2D eigenvalue weighted by atomic mass is 16.5. The minimum Gasteiger partial charge on any atom is -0.480 e. The molecule has 0 amide bonds. The summed E-state index contributed by atoms with van der Waals surface area (Å²) >= 11 is 0. The van der Waals surface area contributed by atoms with E-state index < -0.39 is 38.1 Å². The fraction of sp³-hybridized carbons (Fsp3) is 0.143. The van der Waals surface area contributed by atoms with Gasteiger partial charge in [0.15, 0.2) is 11.9 Å². The second-order valence-electron chi connectivity index (χ2n) is 20.5. The van der Waals surface area contributed by atoms with E-state index >= 15 is 0 Å². The summed E-state index contributed by atoms with van der Waals surface area (Å²) in [7, 11) is 0. The van der Waals surface area contributed by atoms with Crippen LogP contribution in [0.3, 0.4) is 0 Å². The van der Waals surface area contributed by atoms with Crippen LogP contribution in [0.1, 0.15) is 74.0 Å². The predicted octanol–water partition coefficient (Wildman–Crippen LogP) is 9.61. The van der Waals surface area contributed by atoms with Gasteiger partial charge in [-0.15, -0.1) is 0 Å². The maximum absolute atomic E-state index is 11.4. The molecule has 8 aromatic carbocycles. The zero-order valence-electron chi connectivity index (χ0n) is 45.1. The number of nitrogens with zero attached hydrogens (tertiary/aromatic N) is 12. The molecule has 0 saturated heterocycles. The van der Waals surface area contributed by atoms with Crippen molar-refractivity contribution in [1.29, 1.82) is 0 Å². The van der Waals surface area contributed by atoms with E-state index in [0.717, 1.165) is 11.0 Å². The number of aliphatic hydroxyl groups is 5. The quantitative estimate of drug-likeness (QED) is 0.0500. The summed E-state index contributed by atoms with van der Waals surface area (Å²) in [5.41, 5.74) is 26.4. The maximum Gasteiger partial charge on any atom is 0.155 e. The Morgan fingerprint density at radius 1 is 0.386 bits per heavy atom. The number of hydrogen-bond donors (Lipinski definition) is 7. The first-order valence-electron chi connectivity index (χ1n) is 27.0. The van der Waals surface area contributed by atoms with Crippen molar-refractivity contribution in [2.45, 2.75) is 58.9 Å². The van der Waals surface area contributed by atoms with E-state index in [1.807, 2.05) is 198 Å². The topological polar surface area (TPSA) is 269 Å². The first kappa shape index (κ1) is 51.0. The smallest absolute Gasteiger partial charge is 0.155 e. The number of aromatic nitrogens is 12. The van der Waals surface area contributed by atoms with Crippen LogP contribution in [0.2, 0.25) is 0 Å². The standard InChI is InChI=1S/C63H54N14O6/c1-34(81)61-68-41-17-6-9-20-44(41)73(61)38-29-52(76-47-23-12-7-18-42(47)69-62(76)35(2)82)59(65)53(30-38)77-48-24-13-8-19-43(48)70-63(77)36(3)83-54-26-14-25-49-60(54)71-57(33-80)72(49)37-27-50(74-45-21-10-4-15-39(45)66-55(74)31-78)58(64)51(28-37)75-46-22-11-5-16-40(46)67-56(75)32-79/h4-30,34-36,78-82H,31-33,64-65H2,1-3H3. The average molecular weight is 1100 g/mol. The summed E-state index contributed by atoms with van der Waals surface area (Å²) in [5, 5.41) is 55.6. The minimum atomic E-state index is -0.997. The lowest BCUT2D eigenvalue weighted by Gasteiger charge is -2.23. The largest absolute Gasteiger partial charge is 0.480 e. The number of rotatable bonds is 14. The van der Waals surface area contributed by atoms with Crippen molar-refractivity contribution < 1.29 is 30.3 Å². The van der Waals surface area contributed by atoms with Crippen molar-refractivity contribution in [3.05, 3.63) is 199 Å². The Balaban J connectivity index is 0.960. The average Bonchev–Trinajstić information content (AvgIpc) is 3.25. The molecule has 0 fully saturated rings. The van der Waals surface area contributed by atoms with Crippen LogP contribution in [0.25, 0.3) is 100 Å². The molecular formula is C63H54N14O6. The van der Waals surface area contributed by atoms with E-state index in [4.69, 9.17) is 46.1 Å². The fourth-order valence-electron chi connectivity index (χ4n) is 11.7. The third-order valence-electron chi connectivity index (χ3n) is 15.3. The van der Waals surface area contributed by atoms with Gasteiger partial charge in [0.1, 0.15) is 72.4 Å². The summed E-state index contributed by atoms with van der Waals surface area (Å²) in [6, 6.07) is 51.2.